The first-order valence-corrected chi connectivity index (χ1v) is 11.7. The number of rotatable bonds is 9. The Morgan fingerprint density at radius 3 is 2.15 bits per heavy atom. The second-order valence-corrected chi connectivity index (χ2v) is 8.37. The molecule has 8 heteroatoms. The highest BCUT2D eigenvalue weighted by Crippen LogP contribution is 2.26. The molecule has 0 aliphatic carbocycles. The maximum absolute atomic E-state index is 12.4. The topological polar surface area (TPSA) is 96.5 Å². The third kappa shape index (κ3) is 7.45. The summed E-state index contributed by atoms with van der Waals surface area (Å²) in [7, 11) is 0. The van der Waals surface area contributed by atoms with Gasteiger partial charge in [0.1, 0.15) is 5.75 Å². The van der Waals surface area contributed by atoms with Gasteiger partial charge in [-0.15, -0.1) is 0 Å². The molecular formula is C26H26BrN3O4. The van der Waals surface area contributed by atoms with Crippen LogP contribution in [0.1, 0.15) is 46.0 Å². The highest BCUT2D eigenvalue weighted by Gasteiger charge is 2.12. The van der Waals surface area contributed by atoms with Gasteiger partial charge in [0.2, 0.25) is 5.91 Å². The van der Waals surface area contributed by atoms with Crippen LogP contribution >= 0.6 is 15.9 Å². The van der Waals surface area contributed by atoms with Crippen molar-refractivity contribution in [2.24, 2.45) is 0 Å². The van der Waals surface area contributed by atoms with Crippen molar-refractivity contribution >= 4 is 39.3 Å². The van der Waals surface area contributed by atoms with Crippen LogP contribution in [0.3, 0.4) is 0 Å². The third-order valence-electron chi connectivity index (χ3n) is 4.88. The first-order valence-electron chi connectivity index (χ1n) is 10.9. The lowest BCUT2D eigenvalue weighted by Crippen LogP contribution is -2.41. The van der Waals surface area contributed by atoms with E-state index in [9.17, 15) is 14.4 Å². The minimum Gasteiger partial charge on any atom is -0.492 e. The van der Waals surface area contributed by atoms with Crippen molar-refractivity contribution < 1.29 is 19.1 Å². The molecule has 0 aliphatic rings. The van der Waals surface area contributed by atoms with Crippen LogP contribution in [0.25, 0.3) is 0 Å². The highest BCUT2D eigenvalue weighted by molar-refractivity contribution is 9.10. The van der Waals surface area contributed by atoms with Gasteiger partial charge in [0, 0.05) is 29.7 Å². The summed E-state index contributed by atoms with van der Waals surface area (Å²) in [5.41, 5.74) is 7.28. The van der Waals surface area contributed by atoms with E-state index in [-0.39, 0.29) is 5.91 Å². The molecule has 0 fully saturated rings. The number of anilines is 1. The molecule has 176 valence electrons. The van der Waals surface area contributed by atoms with Gasteiger partial charge in [-0.1, -0.05) is 37.3 Å². The first kappa shape index (κ1) is 25.0. The predicted octanol–water partition coefficient (Wildman–Crippen LogP) is 4.88. The fourth-order valence-corrected chi connectivity index (χ4v) is 3.59. The Kier molecular flexibility index (Phi) is 9.22. The molecule has 0 spiro atoms. The van der Waals surface area contributed by atoms with Gasteiger partial charge in [0.25, 0.3) is 11.8 Å². The number of carbonyl (C=O) groups excluding carboxylic acids is 3. The Hall–Kier alpha value is -3.65. The van der Waals surface area contributed by atoms with Gasteiger partial charge in [-0.05, 0) is 70.4 Å². The molecule has 34 heavy (non-hydrogen) atoms. The van der Waals surface area contributed by atoms with E-state index in [1.807, 2.05) is 37.3 Å². The summed E-state index contributed by atoms with van der Waals surface area (Å²) in [4.78, 5) is 36.4. The van der Waals surface area contributed by atoms with E-state index < -0.39 is 11.8 Å². The monoisotopic (exact) mass is 523 g/mol. The highest BCUT2D eigenvalue weighted by atomic mass is 79.9. The Bertz CT molecular complexity index is 1130. The SMILES string of the molecule is CCCC(=O)Nc1ccc(C(=O)NNC(=O)c2ccc(OCCc3ccccc3)c(Br)c2)cc1. The van der Waals surface area contributed by atoms with Gasteiger partial charge >= 0.3 is 0 Å². The second kappa shape index (κ2) is 12.6. The molecule has 3 aromatic rings. The van der Waals surface area contributed by atoms with Crippen molar-refractivity contribution in [2.45, 2.75) is 26.2 Å². The Balaban J connectivity index is 1.48. The average molecular weight is 524 g/mol. The fourth-order valence-electron chi connectivity index (χ4n) is 3.10. The van der Waals surface area contributed by atoms with E-state index in [0.29, 0.717) is 40.1 Å². The molecule has 3 N–H and O–H groups in total. The van der Waals surface area contributed by atoms with Crippen LogP contribution in [-0.4, -0.2) is 24.3 Å². The zero-order valence-electron chi connectivity index (χ0n) is 18.8. The summed E-state index contributed by atoms with van der Waals surface area (Å²) in [5, 5.41) is 2.76. The van der Waals surface area contributed by atoms with E-state index >= 15 is 0 Å². The summed E-state index contributed by atoms with van der Waals surface area (Å²) in [6.45, 7) is 2.43. The van der Waals surface area contributed by atoms with E-state index in [2.05, 4.69) is 32.1 Å². The van der Waals surface area contributed by atoms with Crippen molar-refractivity contribution in [1.29, 1.82) is 0 Å². The molecule has 3 aromatic carbocycles. The molecule has 0 aromatic heterocycles. The largest absolute Gasteiger partial charge is 0.492 e. The van der Waals surface area contributed by atoms with Gasteiger partial charge in [-0.2, -0.15) is 0 Å². The third-order valence-corrected chi connectivity index (χ3v) is 5.50. The quantitative estimate of drug-likeness (QED) is 0.348. The van der Waals surface area contributed by atoms with Crippen LogP contribution in [0.4, 0.5) is 5.69 Å². The second-order valence-electron chi connectivity index (χ2n) is 7.51. The summed E-state index contributed by atoms with van der Waals surface area (Å²) in [5.74, 6) is -0.388. The van der Waals surface area contributed by atoms with Crippen LogP contribution in [-0.2, 0) is 11.2 Å². The van der Waals surface area contributed by atoms with Crippen molar-refractivity contribution in [3.63, 3.8) is 0 Å². The number of benzene rings is 3. The molecule has 3 rings (SSSR count). The summed E-state index contributed by atoms with van der Waals surface area (Å²) < 4.78 is 6.44. The number of nitrogens with one attached hydrogen (secondary N) is 3. The normalized spacial score (nSPS) is 10.3. The molecule has 0 heterocycles. The molecular weight excluding hydrogens is 498 g/mol. The lowest BCUT2D eigenvalue weighted by molar-refractivity contribution is -0.116. The zero-order chi connectivity index (χ0) is 24.3. The number of hydrazine groups is 1. The Labute approximate surface area is 207 Å². The smallest absolute Gasteiger partial charge is 0.269 e. The molecule has 0 bridgehead atoms. The van der Waals surface area contributed by atoms with E-state index in [1.165, 1.54) is 5.56 Å². The van der Waals surface area contributed by atoms with Gasteiger partial charge in [0.05, 0.1) is 11.1 Å². The lowest BCUT2D eigenvalue weighted by atomic mass is 10.2. The standard InChI is InChI=1S/C26H26BrN3O4/c1-2-6-24(31)28-21-12-9-19(10-13-21)25(32)29-30-26(33)20-11-14-23(22(27)17-20)34-16-15-18-7-4-3-5-8-18/h3-5,7-14,17H,2,6,15-16H2,1H3,(H,28,31)(H,29,32)(H,30,33). The molecule has 0 saturated heterocycles. The Morgan fingerprint density at radius 1 is 0.853 bits per heavy atom. The minimum absolute atomic E-state index is 0.0780. The van der Waals surface area contributed by atoms with E-state index in [4.69, 9.17) is 4.74 Å². The zero-order valence-corrected chi connectivity index (χ0v) is 20.4. The van der Waals surface area contributed by atoms with Gasteiger partial charge in [0.15, 0.2) is 0 Å². The van der Waals surface area contributed by atoms with Gasteiger partial charge < -0.3 is 10.1 Å². The van der Waals surface area contributed by atoms with E-state index in [1.54, 1.807) is 42.5 Å². The molecule has 0 atom stereocenters. The van der Waals surface area contributed by atoms with Crippen molar-refractivity contribution in [3.05, 3.63) is 94.0 Å². The predicted molar refractivity (Wildman–Crippen MR) is 135 cm³/mol. The number of carbonyl (C=O) groups is 3. The molecule has 0 radical (unpaired) electrons. The number of hydrogen-bond donors (Lipinski definition) is 3. The van der Waals surface area contributed by atoms with Crippen molar-refractivity contribution in [1.82, 2.24) is 10.9 Å². The number of halogens is 1. The summed E-state index contributed by atoms with van der Waals surface area (Å²) >= 11 is 3.43. The minimum atomic E-state index is -0.472. The van der Waals surface area contributed by atoms with Gasteiger partial charge in [-0.3, -0.25) is 25.2 Å². The summed E-state index contributed by atoms with van der Waals surface area (Å²) in [6, 6.07) is 21.4. The maximum atomic E-state index is 12.4. The molecule has 0 saturated carbocycles. The lowest BCUT2D eigenvalue weighted by Gasteiger charge is -2.11. The van der Waals surface area contributed by atoms with Gasteiger partial charge in [-0.25, -0.2) is 0 Å². The maximum Gasteiger partial charge on any atom is 0.269 e. The Morgan fingerprint density at radius 2 is 1.50 bits per heavy atom. The van der Waals surface area contributed by atoms with Crippen LogP contribution in [0.5, 0.6) is 5.75 Å². The molecule has 7 nitrogen and oxygen atoms in total. The number of amides is 3. The van der Waals surface area contributed by atoms with Crippen LogP contribution < -0.4 is 20.9 Å². The summed E-state index contributed by atoms with van der Waals surface area (Å²) in [6.07, 6.45) is 1.96. The van der Waals surface area contributed by atoms with Crippen molar-refractivity contribution in [2.75, 3.05) is 11.9 Å². The number of hydrogen-bond acceptors (Lipinski definition) is 4. The molecule has 0 unspecified atom stereocenters. The number of ether oxygens (including phenoxy) is 1. The van der Waals surface area contributed by atoms with Crippen LogP contribution in [0.2, 0.25) is 0 Å². The first-order chi connectivity index (χ1) is 16.5. The van der Waals surface area contributed by atoms with Crippen LogP contribution in [0.15, 0.2) is 77.3 Å². The molecule has 0 aliphatic heterocycles. The molecule has 3 amide bonds. The van der Waals surface area contributed by atoms with E-state index in [0.717, 1.165) is 12.8 Å². The fraction of sp³-hybridized carbons (Fsp3) is 0.192. The average Bonchev–Trinajstić information content (AvgIpc) is 2.84. The van der Waals surface area contributed by atoms with Crippen LogP contribution in [0, 0.1) is 0 Å². The van der Waals surface area contributed by atoms with Crippen molar-refractivity contribution in [3.8, 4) is 5.75 Å².